The van der Waals surface area contributed by atoms with E-state index < -0.39 is 0 Å². The van der Waals surface area contributed by atoms with Gasteiger partial charge in [0.1, 0.15) is 12.4 Å². The molecule has 0 radical (unpaired) electrons. The second-order valence-electron chi connectivity index (χ2n) is 7.64. The van der Waals surface area contributed by atoms with Crippen molar-refractivity contribution in [2.24, 2.45) is 0 Å². The lowest BCUT2D eigenvalue weighted by Gasteiger charge is -2.16. The van der Waals surface area contributed by atoms with E-state index in [4.69, 9.17) is 14.1 Å². The summed E-state index contributed by atoms with van der Waals surface area (Å²) in [6.45, 7) is 1.38. The van der Waals surface area contributed by atoms with Gasteiger partial charge in [-0.1, -0.05) is 18.2 Å². The van der Waals surface area contributed by atoms with Gasteiger partial charge in [0, 0.05) is 18.4 Å². The zero-order chi connectivity index (χ0) is 20.5. The van der Waals surface area contributed by atoms with Gasteiger partial charge in [0.15, 0.2) is 0 Å². The number of amides is 1. The molecular weight excluding hydrogens is 380 g/mol. The number of allylic oxidation sites excluding steroid dienone is 1. The van der Waals surface area contributed by atoms with Crippen LogP contribution in [0.2, 0.25) is 0 Å². The molecule has 1 amide bonds. The Labute approximate surface area is 174 Å². The van der Waals surface area contributed by atoms with Crippen molar-refractivity contribution in [3.05, 3.63) is 65.2 Å². The Kier molecular flexibility index (Phi) is 4.83. The Balaban J connectivity index is 1.47. The molecule has 3 aromatic rings. The quantitative estimate of drug-likeness (QED) is 0.601. The smallest absolute Gasteiger partial charge is 0.339 e. The van der Waals surface area contributed by atoms with Gasteiger partial charge in [-0.15, -0.1) is 0 Å². The predicted octanol–water partition coefficient (Wildman–Crippen LogP) is 4.09. The number of para-hydroxylation sites is 1. The summed E-state index contributed by atoms with van der Waals surface area (Å²) in [6.07, 6.45) is 6.61. The Morgan fingerprint density at radius 3 is 2.87 bits per heavy atom. The first kappa shape index (κ1) is 18.6. The second kappa shape index (κ2) is 7.78. The first-order valence-electron chi connectivity index (χ1n) is 10.3. The van der Waals surface area contributed by atoms with Crippen LogP contribution in [0, 0.1) is 0 Å². The number of ether oxygens (including phenoxy) is 1. The van der Waals surface area contributed by atoms with Crippen LogP contribution in [0.15, 0.2) is 47.1 Å². The van der Waals surface area contributed by atoms with Crippen molar-refractivity contribution in [1.29, 1.82) is 0 Å². The number of benzene rings is 1. The van der Waals surface area contributed by atoms with Crippen LogP contribution < -0.4 is 0 Å². The zero-order valence-corrected chi connectivity index (χ0v) is 16.6. The molecular formula is C24H22N2O4. The Hall–Kier alpha value is -3.41. The van der Waals surface area contributed by atoms with Crippen LogP contribution in [0.5, 0.6) is 0 Å². The van der Waals surface area contributed by atoms with E-state index in [-0.39, 0.29) is 18.5 Å². The number of rotatable bonds is 5. The highest BCUT2D eigenvalue weighted by molar-refractivity contribution is 6.07. The minimum absolute atomic E-state index is 0.133. The number of hydrogen-bond donors (Lipinski definition) is 0. The maximum absolute atomic E-state index is 13.1. The molecule has 1 saturated heterocycles. The molecule has 6 heteroatoms. The third-order valence-corrected chi connectivity index (χ3v) is 5.77. The van der Waals surface area contributed by atoms with Gasteiger partial charge < -0.3 is 14.1 Å². The molecule has 1 aliphatic carbocycles. The Bertz CT molecular complexity index is 1150. The van der Waals surface area contributed by atoms with Gasteiger partial charge in [0.2, 0.25) is 5.91 Å². The standard InChI is InChI=1S/C24H22N2O4/c27-21-8-3-11-26(21)12-14-30-24(28)22-18-6-1-2-7-20(18)25-23-16(9-10-19(22)23)15-17-5-4-13-29-17/h1-2,4-7,13,15H,3,8-12,14H2. The van der Waals surface area contributed by atoms with E-state index in [1.807, 2.05) is 42.5 Å². The van der Waals surface area contributed by atoms with Crippen molar-refractivity contribution >= 4 is 34.4 Å². The molecule has 0 atom stereocenters. The van der Waals surface area contributed by atoms with Crippen molar-refractivity contribution < 1.29 is 18.7 Å². The van der Waals surface area contributed by atoms with Gasteiger partial charge in [-0.2, -0.15) is 0 Å². The molecule has 30 heavy (non-hydrogen) atoms. The number of fused-ring (bicyclic) bond motifs is 2. The lowest BCUT2D eigenvalue weighted by molar-refractivity contribution is -0.128. The number of carbonyl (C=O) groups is 2. The largest absolute Gasteiger partial charge is 0.465 e. The minimum atomic E-state index is -0.351. The number of esters is 1. The number of likely N-dealkylation sites (tertiary alicyclic amines) is 1. The fraction of sp³-hybridized carbons (Fsp3) is 0.292. The zero-order valence-electron chi connectivity index (χ0n) is 16.6. The van der Waals surface area contributed by atoms with E-state index in [0.717, 1.165) is 59.3 Å². The third-order valence-electron chi connectivity index (χ3n) is 5.77. The molecule has 0 spiro atoms. The average molecular weight is 402 g/mol. The lowest BCUT2D eigenvalue weighted by Crippen LogP contribution is -2.29. The number of furan rings is 1. The van der Waals surface area contributed by atoms with Gasteiger partial charge in [0.05, 0.1) is 29.6 Å². The molecule has 1 aliphatic heterocycles. The number of carbonyl (C=O) groups excluding carboxylic acids is 2. The van der Waals surface area contributed by atoms with Crippen molar-refractivity contribution in [1.82, 2.24) is 9.88 Å². The summed E-state index contributed by atoms with van der Waals surface area (Å²) in [4.78, 5) is 31.5. The third kappa shape index (κ3) is 3.38. The molecule has 0 N–H and O–H groups in total. The number of hydrogen-bond acceptors (Lipinski definition) is 5. The number of nitrogens with zero attached hydrogens (tertiary/aromatic N) is 2. The molecule has 2 aliphatic rings. The number of aromatic nitrogens is 1. The summed E-state index contributed by atoms with van der Waals surface area (Å²) in [5, 5.41) is 0.803. The second-order valence-corrected chi connectivity index (χ2v) is 7.64. The van der Waals surface area contributed by atoms with Gasteiger partial charge in [-0.05, 0) is 54.7 Å². The van der Waals surface area contributed by atoms with Crippen LogP contribution in [-0.2, 0) is 16.0 Å². The summed E-state index contributed by atoms with van der Waals surface area (Å²) >= 11 is 0. The van der Waals surface area contributed by atoms with Gasteiger partial charge in [-0.25, -0.2) is 9.78 Å². The van der Waals surface area contributed by atoms with Crippen LogP contribution in [0.3, 0.4) is 0 Å². The van der Waals surface area contributed by atoms with Crippen LogP contribution in [-0.4, -0.2) is 41.5 Å². The molecule has 152 valence electrons. The first-order valence-corrected chi connectivity index (χ1v) is 10.3. The molecule has 0 saturated carbocycles. The highest BCUT2D eigenvalue weighted by atomic mass is 16.5. The summed E-state index contributed by atoms with van der Waals surface area (Å²) in [5.74, 6) is 0.553. The van der Waals surface area contributed by atoms with Crippen molar-refractivity contribution in [2.45, 2.75) is 25.7 Å². The lowest BCUT2D eigenvalue weighted by atomic mass is 10.0. The molecule has 2 aromatic heterocycles. The van der Waals surface area contributed by atoms with Crippen molar-refractivity contribution in [3.63, 3.8) is 0 Å². The molecule has 5 rings (SSSR count). The highest BCUT2D eigenvalue weighted by Crippen LogP contribution is 2.37. The molecule has 0 bridgehead atoms. The monoisotopic (exact) mass is 402 g/mol. The van der Waals surface area contributed by atoms with Crippen LogP contribution in [0.25, 0.3) is 22.6 Å². The van der Waals surface area contributed by atoms with Crippen molar-refractivity contribution in [3.8, 4) is 0 Å². The summed E-state index contributed by atoms with van der Waals surface area (Å²) in [7, 11) is 0. The fourth-order valence-corrected chi connectivity index (χ4v) is 4.32. The molecule has 3 heterocycles. The van der Waals surface area contributed by atoms with Gasteiger partial charge in [0.25, 0.3) is 0 Å². The summed E-state index contributed by atoms with van der Waals surface area (Å²) in [6, 6.07) is 11.4. The normalized spacial score (nSPS) is 17.1. The van der Waals surface area contributed by atoms with Crippen molar-refractivity contribution in [2.75, 3.05) is 19.7 Å². The average Bonchev–Trinajstić information content (AvgIpc) is 3.50. The van der Waals surface area contributed by atoms with E-state index in [1.54, 1.807) is 11.2 Å². The Morgan fingerprint density at radius 2 is 2.07 bits per heavy atom. The maximum atomic E-state index is 13.1. The Morgan fingerprint density at radius 1 is 1.17 bits per heavy atom. The summed E-state index contributed by atoms with van der Waals surface area (Å²) < 4.78 is 11.1. The molecule has 6 nitrogen and oxygen atoms in total. The molecule has 0 unspecified atom stereocenters. The van der Waals surface area contributed by atoms with E-state index in [0.29, 0.717) is 18.5 Å². The minimum Gasteiger partial charge on any atom is -0.465 e. The highest BCUT2D eigenvalue weighted by Gasteiger charge is 2.28. The fourth-order valence-electron chi connectivity index (χ4n) is 4.32. The van der Waals surface area contributed by atoms with E-state index in [9.17, 15) is 9.59 Å². The molecule has 1 fully saturated rings. The predicted molar refractivity (Wildman–Crippen MR) is 113 cm³/mol. The topological polar surface area (TPSA) is 72.6 Å². The number of pyridine rings is 1. The SMILES string of the molecule is O=C(OCCN1CCCC1=O)c1c2c(nc3ccccc13)C(=Cc1ccco1)CC2. The first-order chi connectivity index (χ1) is 14.7. The maximum Gasteiger partial charge on any atom is 0.339 e. The van der Waals surface area contributed by atoms with Crippen LogP contribution in [0.1, 0.15) is 46.6 Å². The van der Waals surface area contributed by atoms with E-state index in [1.165, 1.54) is 0 Å². The van der Waals surface area contributed by atoms with Crippen LogP contribution >= 0.6 is 0 Å². The summed E-state index contributed by atoms with van der Waals surface area (Å²) in [5.41, 5.74) is 4.18. The van der Waals surface area contributed by atoms with Gasteiger partial charge >= 0.3 is 5.97 Å². The molecule has 1 aromatic carbocycles. The van der Waals surface area contributed by atoms with Gasteiger partial charge in [-0.3, -0.25) is 4.79 Å². The van der Waals surface area contributed by atoms with Crippen LogP contribution in [0.4, 0.5) is 0 Å². The van der Waals surface area contributed by atoms with E-state index >= 15 is 0 Å². The van der Waals surface area contributed by atoms with E-state index in [2.05, 4.69) is 0 Å².